The van der Waals surface area contributed by atoms with Crippen molar-refractivity contribution in [2.45, 2.75) is 45.3 Å². The number of alkyl halides is 3. The molecule has 0 saturated carbocycles. The predicted molar refractivity (Wildman–Crippen MR) is 130 cm³/mol. The lowest BCUT2D eigenvalue weighted by molar-refractivity contribution is -0.186. The highest BCUT2D eigenvalue weighted by Crippen LogP contribution is 2.53. The Morgan fingerprint density at radius 1 is 0.973 bits per heavy atom. The molecule has 0 bridgehead atoms. The van der Waals surface area contributed by atoms with Crippen LogP contribution in [0, 0.1) is 12.3 Å². The molecule has 10 heteroatoms. The summed E-state index contributed by atoms with van der Waals surface area (Å²) in [6.07, 6.45) is -5.48. The molecule has 2 amide bonds. The van der Waals surface area contributed by atoms with E-state index in [-0.39, 0.29) is 41.3 Å². The number of halogens is 3. The van der Waals surface area contributed by atoms with Crippen LogP contribution in [0.25, 0.3) is 0 Å². The average Bonchev–Trinajstić information content (AvgIpc) is 3.06. The van der Waals surface area contributed by atoms with E-state index in [9.17, 15) is 14.4 Å². The highest BCUT2D eigenvalue weighted by molar-refractivity contribution is 6.21. The molecule has 4 rings (SSSR count). The van der Waals surface area contributed by atoms with Gasteiger partial charge in [0.1, 0.15) is 0 Å². The number of rotatable bonds is 5. The molecule has 2 aromatic rings. The van der Waals surface area contributed by atoms with Crippen LogP contribution >= 0.6 is 0 Å². The van der Waals surface area contributed by atoms with Gasteiger partial charge in [-0.1, -0.05) is 31.5 Å². The lowest BCUT2D eigenvalue weighted by Crippen LogP contribution is -2.66. The van der Waals surface area contributed by atoms with Gasteiger partial charge in [-0.2, -0.15) is 13.2 Å². The van der Waals surface area contributed by atoms with E-state index in [0.717, 1.165) is 10.5 Å². The zero-order valence-electron chi connectivity index (χ0n) is 21.1. The fourth-order valence-corrected chi connectivity index (χ4v) is 4.94. The first kappa shape index (κ1) is 26.2. The van der Waals surface area contributed by atoms with E-state index in [2.05, 4.69) is 0 Å². The van der Waals surface area contributed by atoms with Crippen molar-refractivity contribution in [3.05, 3.63) is 64.9 Å². The van der Waals surface area contributed by atoms with E-state index in [4.69, 9.17) is 9.47 Å². The van der Waals surface area contributed by atoms with Crippen molar-refractivity contribution in [2.24, 2.45) is 5.41 Å². The average molecular weight is 517 g/mol. The number of amides is 2. The van der Waals surface area contributed by atoms with E-state index >= 15 is 13.2 Å². The number of ketones is 1. The van der Waals surface area contributed by atoms with Gasteiger partial charge in [-0.25, -0.2) is 0 Å². The third-order valence-electron chi connectivity index (χ3n) is 6.69. The van der Waals surface area contributed by atoms with Gasteiger partial charge in [-0.3, -0.25) is 19.3 Å². The number of hydrogen-bond acceptors (Lipinski definition) is 5. The zero-order chi connectivity index (χ0) is 27.3. The van der Waals surface area contributed by atoms with Gasteiger partial charge in [0.2, 0.25) is 5.54 Å². The van der Waals surface area contributed by atoms with Crippen molar-refractivity contribution in [1.82, 2.24) is 5.32 Å². The lowest BCUT2D eigenvalue weighted by Gasteiger charge is -2.35. The van der Waals surface area contributed by atoms with E-state index in [0.29, 0.717) is 0 Å². The smallest absolute Gasteiger partial charge is 0.425 e. The molecule has 0 aromatic heterocycles. The molecule has 1 heterocycles. The summed E-state index contributed by atoms with van der Waals surface area (Å²) in [7, 11) is 2.69. The Morgan fingerprint density at radius 2 is 1.59 bits per heavy atom. The van der Waals surface area contributed by atoms with Gasteiger partial charge in [-0.15, -0.1) is 0 Å². The second-order valence-corrected chi connectivity index (χ2v) is 10.0. The van der Waals surface area contributed by atoms with Crippen molar-refractivity contribution in [2.75, 3.05) is 19.1 Å². The van der Waals surface area contributed by atoms with E-state index in [1.165, 1.54) is 44.6 Å². The molecular weight excluding hydrogens is 489 g/mol. The van der Waals surface area contributed by atoms with Crippen LogP contribution < -0.4 is 19.7 Å². The number of nitrogens with one attached hydrogen (secondary N) is 1. The Morgan fingerprint density at radius 3 is 2.16 bits per heavy atom. The molecule has 2 aromatic carbocycles. The number of carbonyl (C=O) groups is 3. The first-order valence-corrected chi connectivity index (χ1v) is 11.5. The summed E-state index contributed by atoms with van der Waals surface area (Å²) in [5.41, 5.74) is -4.21. The van der Waals surface area contributed by atoms with Crippen LogP contribution in [0.2, 0.25) is 0 Å². The molecule has 0 radical (unpaired) electrons. The maximum absolute atomic E-state index is 15.0. The minimum absolute atomic E-state index is 0.0394. The minimum Gasteiger partial charge on any atom is -0.493 e. The fourth-order valence-electron chi connectivity index (χ4n) is 4.94. The number of ether oxygens (including phenoxy) is 2. The fraction of sp³-hybridized carbons (Fsp3) is 0.370. The Hall–Kier alpha value is -3.82. The molecule has 2 aliphatic rings. The van der Waals surface area contributed by atoms with Crippen LogP contribution in [0.15, 0.2) is 53.7 Å². The van der Waals surface area contributed by atoms with E-state index in [1.54, 1.807) is 32.9 Å². The summed E-state index contributed by atoms with van der Waals surface area (Å²) < 4.78 is 55.3. The van der Waals surface area contributed by atoms with Gasteiger partial charge >= 0.3 is 6.18 Å². The standard InChI is InChI=1S/C27H27F3N2O5/c1-15-6-9-17(10-7-15)32-18-13-25(2,3)14-19(33)22(18)26(24(32)35,27(28,29)30)31-23(34)16-8-11-20(36-4)21(12-16)37-5/h6-12H,13-14H2,1-5H3,(H,31,34). The van der Waals surface area contributed by atoms with Crippen LogP contribution in [-0.2, 0) is 9.59 Å². The molecular formula is C27H27F3N2O5. The Kier molecular flexibility index (Phi) is 6.34. The summed E-state index contributed by atoms with van der Waals surface area (Å²) in [5.74, 6) is -3.10. The molecule has 1 aliphatic carbocycles. The van der Waals surface area contributed by atoms with E-state index in [1.807, 2.05) is 5.32 Å². The summed E-state index contributed by atoms with van der Waals surface area (Å²) in [5, 5.41) is 1.93. The second kappa shape index (κ2) is 8.93. The van der Waals surface area contributed by atoms with Crippen molar-refractivity contribution < 1.29 is 37.0 Å². The Balaban J connectivity index is 1.90. The number of Topliss-reactive ketones (excluding diaryl/α,β-unsaturated/α-hetero) is 1. The number of allylic oxidation sites excluding steroid dienone is 1. The largest absolute Gasteiger partial charge is 0.493 e. The normalized spacial score (nSPS) is 21.1. The van der Waals surface area contributed by atoms with Crippen molar-refractivity contribution >= 4 is 23.3 Å². The molecule has 1 unspecified atom stereocenters. The summed E-state index contributed by atoms with van der Waals surface area (Å²) in [6, 6.07) is 10.2. The highest BCUT2D eigenvalue weighted by atomic mass is 19.4. The number of methoxy groups -OCH3 is 2. The quantitative estimate of drug-likeness (QED) is 0.621. The first-order chi connectivity index (χ1) is 17.3. The van der Waals surface area contributed by atoms with Crippen LogP contribution in [0.4, 0.5) is 18.9 Å². The van der Waals surface area contributed by atoms with Crippen LogP contribution in [0.1, 0.15) is 42.6 Å². The summed E-state index contributed by atoms with van der Waals surface area (Å²) in [4.78, 5) is 41.3. The molecule has 1 N–H and O–H groups in total. The predicted octanol–water partition coefficient (Wildman–Crippen LogP) is 4.73. The first-order valence-electron chi connectivity index (χ1n) is 11.5. The van der Waals surface area contributed by atoms with Crippen molar-refractivity contribution in [1.29, 1.82) is 0 Å². The van der Waals surface area contributed by atoms with Gasteiger partial charge in [-0.05, 0) is 49.1 Å². The number of benzene rings is 2. The highest BCUT2D eigenvalue weighted by Gasteiger charge is 2.72. The van der Waals surface area contributed by atoms with Gasteiger partial charge in [0.05, 0.1) is 19.8 Å². The molecule has 0 saturated heterocycles. The third-order valence-corrected chi connectivity index (χ3v) is 6.69. The summed E-state index contributed by atoms with van der Waals surface area (Å²) >= 11 is 0. The number of hydrogen-bond donors (Lipinski definition) is 1. The molecule has 37 heavy (non-hydrogen) atoms. The molecule has 0 fully saturated rings. The molecule has 1 aliphatic heterocycles. The minimum atomic E-state index is -5.31. The Bertz CT molecular complexity index is 1310. The van der Waals surface area contributed by atoms with Crippen molar-refractivity contribution in [3.8, 4) is 11.5 Å². The summed E-state index contributed by atoms with van der Waals surface area (Å²) in [6.45, 7) is 5.31. The lowest BCUT2D eigenvalue weighted by atomic mass is 9.72. The molecule has 7 nitrogen and oxygen atoms in total. The topological polar surface area (TPSA) is 84.9 Å². The van der Waals surface area contributed by atoms with Crippen LogP contribution in [-0.4, -0.2) is 43.5 Å². The monoisotopic (exact) mass is 516 g/mol. The van der Waals surface area contributed by atoms with Crippen LogP contribution in [0.5, 0.6) is 11.5 Å². The number of aryl methyl sites for hydroxylation is 1. The van der Waals surface area contributed by atoms with Gasteiger partial charge in [0, 0.05) is 23.4 Å². The maximum Gasteiger partial charge on any atom is 0.425 e. The number of anilines is 1. The third kappa shape index (κ3) is 4.24. The maximum atomic E-state index is 15.0. The zero-order valence-corrected chi connectivity index (χ0v) is 21.1. The number of nitrogens with zero attached hydrogens (tertiary/aromatic N) is 1. The van der Waals surface area contributed by atoms with Gasteiger partial charge < -0.3 is 14.8 Å². The van der Waals surface area contributed by atoms with E-state index < -0.39 is 40.3 Å². The SMILES string of the molecule is COc1ccc(C(=O)NC2(C(F)(F)F)C(=O)N(c3ccc(C)cc3)C3=C2C(=O)CC(C)(C)C3)cc1OC. The van der Waals surface area contributed by atoms with Gasteiger partial charge in [0.25, 0.3) is 11.8 Å². The van der Waals surface area contributed by atoms with Gasteiger partial charge in [0.15, 0.2) is 17.3 Å². The second-order valence-electron chi connectivity index (χ2n) is 10.0. The Labute approximate surface area is 212 Å². The molecule has 196 valence electrons. The van der Waals surface area contributed by atoms with Crippen LogP contribution in [0.3, 0.4) is 0 Å². The molecule has 1 atom stereocenters. The van der Waals surface area contributed by atoms with Crippen molar-refractivity contribution in [3.63, 3.8) is 0 Å². The molecule has 0 spiro atoms. The number of carbonyl (C=O) groups excluding carboxylic acids is 3.